The topological polar surface area (TPSA) is 51.2 Å². The molecule has 110 valence electrons. The van der Waals surface area contributed by atoms with E-state index >= 15 is 0 Å². The van der Waals surface area contributed by atoms with Gasteiger partial charge in [-0.2, -0.15) is 0 Å². The second kappa shape index (κ2) is 6.39. The first kappa shape index (κ1) is 15.7. The van der Waals surface area contributed by atoms with E-state index in [0.717, 1.165) is 23.7 Å². The smallest absolute Gasteiger partial charge is 0.180 e. The van der Waals surface area contributed by atoms with E-state index in [0.29, 0.717) is 18.4 Å². The summed E-state index contributed by atoms with van der Waals surface area (Å²) in [5.41, 5.74) is 0.458. The summed E-state index contributed by atoms with van der Waals surface area (Å²) in [7, 11) is -3.38. The minimum Gasteiger partial charge on any atom is -0.293 e. The maximum Gasteiger partial charge on any atom is 0.180 e. The summed E-state index contributed by atoms with van der Waals surface area (Å²) in [6.07, 6.45) is 4.38. The van der Waals surface area contributed by atoms with Crippen molar-refractivity contribution in [1.29, 1.82) is 0 Å². The molecule has 1 unspecified atom stereocenters. The summed E-state index contributed by atoms with van der Waals surface area (Å²) < 4.78 is 25.9. The van der Waals surface area contributed by atoms with Crippen molar-refractivity contribution < 1.29 is 13.2 Å². The Morgan fingerprint density at radius 2 is 1.70 bits per heavy atom. The molecule has 1 saturated carbocycles. The molecule has 1 aromatic rings. The lowest BCUT2D eigenvalue weighted by Crippen LogP contribution is -2.36. The van der Waals surface area contributed by atoms with Crippen LogP contribution in [-0.2, 0) is 9.84 Å². The van der Waals surface area contributed by atoms with Crippen molar-refractivity contribution in [3.8, 4) is 0 Å². The van der Waals surface area contributed by atoms with Gasteiger partial charge >= 0.3 is 0 Å². The van der Waals surface area contributed by atoms with Crippen LogP contribution in [0.25, 0.3) is 0 Å². The number of Topliss-reactive ketones (excluding diaryl/α,β-unsaturated/α-hetero) is 1. The van der Waals surface area contributed by atoms with E-state index in [1.807, 2.05) is 0 Å². The van der Waals surface area contributed by atoms with Crippen molar-refractivity contribution in [1.82, 2.24) is 0 Å². The Morgan fingerprint density at radius 3 is 2.25 bits per heavy atom. The molecule has 0 aliphatic heterocycles. The van der Waals surface area contributed by atoms with E-state index in [2.05, 4.69) is 15.9 Å². The molecule has 0 aromatic heterocycles. The monoisotopic (exact) mass is 358 g/mol. The van der Waals surface area contributed by atoms with Crippen LogP contribution in [0.1, 0.15) is 49.4 Å². The second-order valence-electron chi connectivity index (χ2n) is 5.36. The molecule has 0 heterocycles. The molecule has 0 radical (unpaired) electrons. The van der Waals surface area contributed by atoms with Crippen LogP contribution in [0.4, 0.5) is 0 Å². The van der Waals surface area contributed by atoms with E-state index in [1.165, 1.54) is 6.92 Å². The molecule has 0 N–H and O–H groups in total. The molecule has 1 aromatic carbocycles. The van der Waals surface area contributed by atoms with Crippen LogP contribution in [0.2, 0.25) is 0 Å². The lowest BCUT2D eigenvalue weighted by Gasteiger charge is -2.24. The van der Waals surface area contributed by atoms with Gasteiger partial charge in [-0.15, -0.1) is 0 Å². The molecule has 0 bridgehead atoms. The maximum atomic E-state index is 12.5. The van der Waals surface area contributed by atoms with Gasteiger partial charge < -0.3 is 0 Å². The molecular weight excluding hydrogens is 340 g/mol. The Balaban J connectivity index is 2.18. The molecule has 20 heavy (non-hydrogen) atoms. The molecule has 0 saturated heterocycles. The number of ketones is 1. The van der Waals surface area contributed by atoms with Crippen molar-refractivity contribution in [3.63, 3.8) is 0 Å². The van der Waals surface area contributed by atoms with Gasteiger partial charge in [-0.3, -0.25) is 4.79 Å². The zero-order valence-corrected chi connectivity index (χ0v) is 13.9. The van der Waals surface area contributed by atoms with Crippen LogP contribution in [0.5, 0.6) is 0 Å². The van der Waals surface area contributed by atoms with Gasteiger partial charge in [0, 0.05) is 10.0 Å². The van der Waals surface area contributed by atoms with Crippen molar-refractivity contribution in [3.05, 3.63) is 34.3 Å². The van der Waals surface area contributed by atoms with E-state index in [-0.39, 0.29) is 11.0 Å². The average molecular weight is 359 g/mol. The maximum absolute atomic E-state index is 12.5. The number of rotatable bonds is 4. The first-order valence-electron chi connectivity index (χ1n) is 6.95. The highest BCUT2D eigenvalue weighted by Gasteiger charge is 2.36. The van der Waals surface area contributed by atoms with Crippen LogP contribution in [0, 0.1) is 0 Å². The summed E-state index contributed by atoms with van der Waals surface area (Å²) >= 11 is 3.30. The van der Waals surface area contributed by atoms with Crippen molar-refractivity contribution in [2.75, 3.05) is 0 Å². The number of carbonyl (C=O) groups excluding carboxylic acids is 1. The zero-order chi connectivity index (χ0) is 14.8. The highest BCUT2D eigenvalue weighted by Crippen LogP contribution is 2.27. The van der Waals surface area contributed by atoms with Crippen LogP contribution >= 0.6 is 15.9 Å². The highest BCUT2D eigenvalue weighted by molar-refractivity contribution is 9.10. The average Bonchev–Trinajstić information content (AvgIpc) is 2.47. The van der Waals surface area contributed by atoms with Gasteiger partial charge in [0.15, 0.2) is 15.6 Å². The molecule has 1 atom stereocenters. The van der Waals surface area contributed by atoms with Gasteiger partial charge in [0.25, 0.3) is 0 Å². The third-order valence-corrected chi connectivity index (χ3v) is 7.14. The number of halogens is 1. The number of benzene rings is 1. The zero-order valence-electron chi connectivity index (χ0n) is 11.5. The van der Waals surface area contributed by atoms with Crippen LogP contribution in [-0.4, -0.2) is 24.7 Å². The number of carbonyl (C=O) groups is 1. The Morgan fingerprint density at radius 1 is 1.15 bits per heavy atom. The molecule has 1 fully saturated rings. The third-order valence-electron chi connectivity index (χ3n) is 4.01. The quantitative estimate of drug-likeness (QED) is 0.769. The van der Waals surface area contributed by atoms with Gasteiger partial charge in [-0.1, -0.05) is 47.3 Å². The van der Waals surface area contributed by atoms with E-state index < -0.39 is 15.1 Å². The van der Waals surface area contributed by atoms with Gasteiger partial charge in [-0.05, 0) is 31.9 Å². The van der Waals surface area contributed by atoms with Crippen molar-refractivity contribution in [2.45, 2.75) is 49.5 Å². The van der Waals surface area contributed by atoms with E-state index in [4.69, 9.17) is 0 Å². The fourth-order valence-electron chi connectivity index (χ4n) is 2.68. The Hall–Kier alpha value is -0.680. The first-order chi connectivity index (χ1) is 9.43. The Kier molecular flexibility index (Phi) is 5.02. The molecule has 1 aliphatic rings. The normalized spacial score (nSPS) is 18.7. The molecular formula is C15H19BrO3S. The summed E-state index contributed by atoms with van der Waals surface area (Å²) in [6, 6.07) is 6.85. The minimum atomic E-state index is -3.38. The van der Waals surface area contributed by atoms with Crippen LogP contribution in [0.15, 0.2) is 28.7 Å². The van der Waals surface area contributed by atoms with Gasteiger partial charge in [-0.25, -0.2) is 8.42 Å². The molecule has 1 aliphatic carbocycles. The number of hydrogen-bond acceptors (Lipinski definition) is 3. The Labute approximate surface area is 128 Å². The van der Waals surface area contributed by atoms with Gasteiger partial charge in [0.05, 0.1) is 5.25 Å². The molecule has 0 amide bonds. The van der Waals surface area contributed by atoms with Gasteiger partial charge in [0.2, 0.25) is 0 Å². The van der Waals surface area contributed by atoms with E-state index in [9.17, 15) is 13.2 Å². The fraction of sp³-hybridized carbons (Fsp3) is 0.533. The number of hydrogen-bond donors (Lipinski definition) is 0. The summed E-state index contributed by atoms with van der Waals surface area (Å²) in [5, 5.41) is -1.29. The van der Waals surface area contributed by atoms with E-state index in [1.54, 1.807) is 24.3 Å². The second-order valence-corrected chi connectivity index (χ2v) is 8.83. The predicted octanol–water partition coefficient (Wildman–Crippen LogP) is 3.77. The van der Waals surface area contributed by atoms with Crippen LogP contribution in [0.3, 0.4) is 0 Å². The minimum absolute atomic E-state index is 0.303. The third kappa shape index (κ3) is 3.31. The van der Waals surface area contributed by atoms with Crippen molar-refractivity contribution >= 4 is 31.6 Å². The Bertz CT molecular complexity index is 572. The standard InChI is InChI=1S/C15H19BrO3S/c1-11(15(17)12-7-9-13(16)10-8-12)20(18,19)14-5-3-2-4-6-14/h7-11,14H,2-6H2,1H3. The lowest BCUT2D eigenvalue weighted by molar-refractivity contribution is 0.0991. The molecule has 0 spiro atoms. The predicted molar refractivity (Wildman–Crippen MR) is 83.7 cm³/mol. The molecule has 2 rings (SSSR count). The molecule has 3 nitrogen and oxygen atoms in total. The summed E-state index contributed by atoms with van der Waals surface area (Å²) in [4.78, 5) is 12.4. The number of sulfone groups is 1. The first-order valence-corrected chi connectivity index (χ1v) is 9.35. The van der Waals surface area contributed by atoms with Gasteiger partial charge in [0.1, 0.15) is 5.25 Å². The summed E-state index contributed by atoms with van der Waals surface area (Å²) in [5.74, 6) is -0.303. The van der Waals surface area contributed by atoms with Crippen LogP contribution < -0.4 is 0 Å². The fourth-order valence-corrected chi connectivity index (χ4v) is 4.95. The lowest BCUT2D eigenvalue weighted by atomic mass is 10.0. The summed E-state index contributed by atoms with van der Waals surface area (Å²) in [6.45, 7) is 1.52. The van der Waals surface area contributed by atoms with Crippen molar-refractivity contribution in [2.24, 2.45) is 0 Å². The molecule has 5 heteroatoms. The highest BCUT2D eigenvalue weighted by atomic mass is 79.9. The largest absolute Gasteiger partial charge is 0.293 e. The SMILES string of the molecule is CC(C(=O)c1ccc(Br)cc1)S(=O)(=O)C1CCCCC1.